The number of carbonyl (C=O) groups is 2. The van der Waals surface area contributed by atoms with Crippen molar-refractivity contribution in [1.82, 2.24) is 4.90 Å². The number of Topliss-reactive ketones (excluding diaryl/α,β-unsaturated/α-hetero) is 1. The van der Waals surface area contributed by atoms with Gasteiger partial charge in [-0.15, -0.1) is 0 Å². The maximum atomic E-state index is 13.9. The predicted octanol–water partition coefficient (Wildman–Crippen LogP) is 3.27. The zero-order valence-corrected chi connectivity index (χ0v) is 22.6. The highest BCUT2D eigenvalue weighted by atomic mass is 16.6. The molecular weight excluding hydrogens is 512 g/mol. The molecule has 40 heavy (non-hydrogen) atoms. The number of pyridine rings is 1. The van der Waals surface area contributed by atoms with Crippen LogP contribution in [-0.2, 0) is 16.1 Å². The number of likely N-dealkylation sites (tertiary alicyclic amines) is 1. The predicted molar refractivity (Wildman–Crippen MR) is 144 cm³/mol. The number of ether oxygens (including phenoxy) is 4. The molecule has 9 nitrogen and oxygen atoms in total. The lowest BCUT2D eigenvalue weighted by molar-refractivity contribution is -0.378. The van der Waals surface area contributed by atoms with Crippen molar-refractivity contribution < 1.29 is 38.6 Å². The number of hydrogen-bond donors (Lipinski definition) is 0. The molecule has 0 spiro atoms. The van der Waals surface area contributed by atoms with Gasteiger partial charge in [0, 0.05) is 24.3 Å². The van der Waals surface area contributed by atoms with Crippen molar-refractivity contribution in [2.24, 2.45) is 0 Å². The van der Waals surface area contributed by atoms with Gasteiger partial charge in [0.1, 0.15) is 13.2 Å². The SMILES string of the molecule is CCCCOc1ccc(C2/C(=C(\[O-])c3ccc4c(c3)OCCO4)C(=O)C(=O)N2Cc2cc[nH+]cc2)cc1OCC. The fourth-order valence-electron chi connectivity index (χ4n) is 4.85. The lowest BCUT2D eigenvalue weighted by Gasteiger charge is -2.28. The van der Waals surface area contributed by atoms with Crippen molar-refractivity contribution in [2.45, 2.75) is 39.3 Å². The first kappa shape index (κ1) is 27.1. The van der Waals surface area contributed by atoms with Crippen molar-refractivity contribution in [2.75, 3.05) is 26.4 Å². The second-order valence-corrected chi connectivity index (χ2v) is 9.52. The highest BCUT2D eigenvalue weighted by molar-refractivity contribution is 6.46. The average molecular weight is 545 g/mol. The third kappa shape index (κ3) is 5.45. The summed E-state index contributed by atoms with van der Waals surface area (Å²) in [6, 6.07) is 12.8. The molecule has 1 amide bonds. The van der Waals surface area contributed by atoms with Crippen LogP contribution in [0.5, 0.6) is 23.0 Å². The van der Waals surface area contributed by atoms with Gasteiger partial charge < -0.3 is 29.0 Å². The minimum atomic E-state index is -0.922. The van der Waals surface area contributed by atoms with Crippen LogP contribution in [0, 0.1) is 0 Å². The summed E-state index contributed by atoms with van der Waals surface area (Å²) in [5, 5.41) is 13.9. The molecule has 1 N–H and O–H groups in total. The van der Waals surface area contributed by atoms with Crippen LogP contribution in [0.2, 0.25) is 0 Å². The Bertz CT molecular complexity index is 1420. The largest absolute Gasteiger partial charge is 0.872 e. The van der Waals surface area contributed by atoms with Crippen LogP contribution in [-0.4, -0.2) is 43.0 Å². The summed E-state index contributed by atoms with van der Waals surface area (Å²) in [6.45, 7) is 5.79. The first-order chi connectivity index (χ1) is 19.5. The Hall–Kier alpha value is -4.53. The van der Waals surface area contributed by atoms with Crippen molar-refractivity contribution in [3.05, 3.63) is 83.2 Å². The number of fused-ring (bicyclic) bond motifs is 1. The number of aromatic amines is 1. The smallest absolute Gasteiger partial charge is 0.295 e. The third-order valence-electron chi connectivity index (χ3n) is 6.81. The van der Waals surface area contributed by atoms with Crippen LogP contribution in [0.4, 0.5) is 0 Å². The molecule has 1 fully saturated rings. The van der Waals surface area contributed by atoms with Crippen LogP contribution in [0.15, 0.2) is 66.5 Å². The molecule has 5 rings (SSSR count). The summed E-state index contributed by atoms with van der Waals surface area (Å²) in [5.41, 5.74) is 1.51. The summed E-state index contributed by atoms with van der Waals surface area (Å²) >= 11 is 0. The van der Waals surface area contributed by atoms with E-state index in [-0.39, 0.29) is 17.7 Å². The number of hydrogen-bond acceptors (Lipinski definition) is 7. The van der Waals surface area contributed by atoms with Gasteiger partial charge in [0.15, 0.2) is 35.4 Å². The number of benzene rings is 2. The van der Waals surface area contributed by atoms with Crippen LogP contribution in [0.25, 0.3) is 5.76 Å². The number of aromatic nitrogens is 1. The molecule has 2 aliphatic heterocycles. The molecule has 0 radical (unpaired) electrons. The van der Waals surface area contributed by atoms with Gasteiger partial charge in [0.25, 0.3) is 5.91 Å². The summed E-state index contributed by atoms with van der Waals surface area (Å²) in [5.74, 6) is -0.0850. The number of nitrogens with one attached hydrogen (secondary N) is 1. The van der Waals surface area contributed by atoms with Crippen LogP contribution < -0.4 is 29.0 Å². The number of amides is 1. The first-order valence-corrected chi connectivity index (χ1v) is 13.5. The Morgan fingerprint density at radius 3 is 2.50 bits per heavy atom. The van der Waals surface area contributed by atoms with Crippen molar-refractivity contribution in [3.8, 4) is 23.0 Å². The molecule has 1 atom stereocenters. The second-order valence-electron chi connectivity index (χ2n) is 9.52. The first-order valence-electron chi connectivity index (χ1n) is 13.5. The maximum absolute atomic E-state index is 13.9. The van der Waals surface area contributed by atoms with E-state index in [4.69, 9.17) is 18.9 Å². The van der Waals surface area contributed by atoms with E-state index in [0.717, 1.165) is 18.4 Å². The number of H-pyrrole nitrogens is 1. The van der Waals surface area contributed by atoms with Gasteiger partial charge in [-0.1, -0.05) is 31.2 Å². The maximum Gasteiger partial charge on any atom is 0.295 e. The molecule has 2 aliphatic rings. The Morgan fingerprint density at radius 1 is 0.975 bits per heavy atom. The molecule has 0 bridgehead atoms. The molecule has 1 saturated heterocycles. The van der Waals surface area contributed by atoms with E-state index < -0.39 is 23.5 Å². The highest BCUT2D eigenvalue weighted by Crippen LogP contribution is 2.43. The number of ketones is 1. The van der Waals surface area contributed by atoms with E-state index in [2.05, 4.69) is 11.9 Å². The van der Waals surface area contributed by atoms with E-state index in [1.807, 2.05) is 19.1 Å². The minimum Gasteiger partial charge on any atom is -0.872 e. The summed E-state index contributed by atoms with van der Waals surface area (Å²) in [6.07, 6.45) is 5.37. The summed E-state index contributed by atoms with van der Waals surface area (Å²) < 4.78 is 23.0. The Balaban J connectivity index is 1.61. The Labute approximate surface area is 233 Å². The molecule has 0 aliphatic carbocycles. The number of carbonyl (C=O) groups excluding carboxylic acids is 2. The van der Waals surface area contributed by atoms with E-state index >= 15 is 0 Å². The lowest BCUT2D eigenvalue weighted by Crippen LogP contribution is -2.29. The fourth-order valence-corrected chi connectivity index (χ4v) is 4.85. The van der Waals surface area contributed by atoms with Gasteiger partial charge in [-0.05, 0) is 54.3 Å². The minimum absolute atomic E-state index is 0.119. The third-order valence-corrected chi connectivity index (χ3v) is 6.81. The topological polar surface area (TPSA) is 111 Å². The monoisotopic (exact) mass is 544 g/mol. The summed E-state index contributed by atoms with van der Waals surface area (Å²) in [4.78, 5) is 31.3. The Kier molecular flexibility index (Phi) is 8.19. The summed E-state index contributed by atoms with van der Waals surface area (Å²) in [7, 11) is 0. The number of rotatable bonds is 10. The fraction of sp³-hybridized carbons (Fsp3) is 0.323. The molecule has 0 saturated carbocycles. The van der Waals surface area contributed by atoms with Crippen LogP contribution in [0.3, 0.4) is 0 Å². The van der Waals surface area contributed by atoms with Crippen molar-refractivity contribution >= 4 is 17.4 Å². The van der Waals surface area contributed by atoms with Crippen LogP contribution in [0.1, 0.15) is 49.4 Å². The normalized spacial score (nSPS) is 17.6. The molecule has 1 aromatic heterocycles. The van der Waals surface area contributed by atoms with E-state index in [1.165, 1.54) is 4.90 Å². The van der Waals surface area contributed by atoms with Gasteiger partial charge in [-0.3, -0.25) is 9.59 Å². The van der Waals surface area contributed by atoms with E-state index in [1.54, 1.807) is 48.8 Å². The zero-order chi connectivity index (χ0) is 28.1. The van der Waals surface area contributed by atoms with Crippen molar-refractivity contribution in [1.29, 1.82) is 0 Å². The zero-order valence-electron chi connectivity index (χ0n) is 22.6. The van der Waals surface area contributed by atoms with E-state index in [9.17, 15) is 14.7 Å². The molecule has 9 heteroatoms. The molecule has 2 aromatic carbocycles. The highest BCUT2D eigenvalue weighted by Gasteiger charge is 2.44. The van der Waals surface area contributed by atoms with Crippen molar-refractivity contribution in [3.63, 3.8) is 0 Å². The number of nitrogens with zero attached hydrogens (tertiary/aromatic N) is 1. The standard InChI is InChI=1S/C31H32N2O7/c1-3-5-14-38-23-8-6-21(17-25(23)37-4-2)28-27(29(34)22-7-9-24-26(18-22)40-16-15-39-24)30(35)31(36)33(28)19-20-10-12-32-13-11-20/h6-13,17-18,28,34H,3-5,14-16,19H2,1-2H3/b29-27+. The van der Waals surface area contributed by atoms with Gasteiger partial charge in [0.2, 0.25) is 5.78 Å². The quantitative estimate of drug-likeness (QED) is 0.167. The van der Waals surface area contributed by atoms with Gasteiger partial charge in [-0.25, -0.2) is 4.98 Å². The molecular formula is C31H32N2O7. The molecule has 1 unspecified atom stereocenters. The van der Waals surface area contributed by atoms with Gasteiger partial charge in [-0.2, -0.15) is 0 Å². The second kappa shape index (κ2) is 12.1. The van der Waals surface area contributed by atoms with Gasteiger partial charge >= 0.3 is 0 Å². The van der Waals surface area contributed by atoms with E-state index in [0.29, 0.717) is 55.0 Å². The molecule has 3 heterocycles. The lowest BCUT2D eigenvalue weighted by atomic mass is 9.94. The number of unbranched alkanes of at least 4 members (excludes halogenated alkanes) is 1. The Morgan fingerprint density at radius 2 is 1.75 bits per heavy atom. The van der Waals surface area contributed by atoms with Gasteiger partial charge in [0.05, 0.1) is 19.3 Å². The average Bonchev–Trinajstić information content (AvgIpc) is 3.23. The molecule has 3 aromatic rings. The molecule has 208 valence electrons. The van der Waals surface area contributed by atoms with Crippen LogP contribution >= 0.6 is 0 Å².